The molecule has 0 saturated carbocycles. The Morgan fingerprint density at radius 1 is 1.22 bits per heavy atom. The fourth-order valence-electron chi connectivity index (χ4n) is 1.86. The highest BCUT2D eigenvalue weighted by Gasteiger charge is 2.14. The molecule has 1 nitrogen and oxygen atoms in total. The van der Waals surface area contributed by atoms with E-state index in [2.05, 4.69) is 23.5 Å². The minimum atomic E-state index is 0.294. The number of hydrogen-bond acceptors (Lipinski definition) is 2. The monoisotopic (exact) mass is 299 g/mol. The molecule has 0 saturated heterocycles. The number of halogens is 2. The molecule has 2 rings (SSSR count). The molecule has 1 N–H and O–H groups in total. The predicted octanol–water partition coefficient (Wildman–Crippen LogP) is 4.87. The lowest BCUT2D eigenvalue weighted by Gasteiger charge is -2.14. The van der Waals surface area contributed by atoms with Crippen LogP contribution in [0, 0.1) is 6.92 Å². The molecule has 18 heavy (non-hydrogen) atoms. The van der Waals surface area contributed by atoms with E-state index in [1.54, 1.807) is 11.3 Å². The number of likely N-dealkylation sites (N-methyl/N-ethyl adjacent to an activating group) is 1. The van der Waals surface area contributed by atoms with E-state index in [1.165, 1.54) is 10.4 Å². The molecule has 1 aromatic carbocycles. The third-order valence-electron chi connectivity index (χ3n) is 2.92. The minimum Gasteiger partial charge on any atom is -0.312 e. The summed E-state index contributed by atoms with van der Waals surface area (Å²) >= 11 is 13.7. The van der Waals surface area contributed by atoms with Crippen LogP contribution in [-0.2, 0) is 6.42 Å². The molecule has 1 heterocycles. The lowest BCUT2D eigenvalue weighted by atomic mass is 10.0. The Hall–Kier alpha value is -0.540. The van der Waals surface area contributed by atoms with Gasteiger partial charge in [-0.3, -0.25) is 0 Å². The summed E-state index contributed by atoms with van der Waals surface area (Å²) in [5.74, 6) is 0. The lowest BCUT2D eigenvalue weighted by molar-refractivity contribution is 0.602. The van der Waals surface area contributed by atoms with Crippen LogP contribution >= 0.6 is 34.5 Å². The number of rotatable bonds is 4. The first-order valence-electron chi connectivity index (χ1n) is 5.77. The van der Waals surface area contributed by atoms with Crippen molar-refractivity contribution < 1.29 is 0 Å². The van der Waals surface area contributed by atoms with Gasteiger partial charge in [0.05, 0.1) is 4.34 Å². The van der Waals surface area contributed by atoms with Crippen LogP contribution in [0.4, 0.5) is 0 Å². The van der Waals surface area contributed by atoms with Gasteiger partial charge < -0.3 is 5.32 Å². The quantitative estimate of drug-likeness (QED) is 0.849. The second-order valence-electron chi connectivity index (χ2n) is 4.28. The number of thiophene rings is 1. The maximum atomic E-state index is 6.13. The Balaban J connectivity index is 2.16. The van der Waals surface area contributed by atoms with E-state index in [9.17, 15) is 0 Å². The summed E-state index contributed by atoms with van der Waals surface area (Å²) in [6.07, 6.45) is 0.934. The Morgan fingerprint density at radius 2 is 1.89 bits per heavy atom. The van der Waals surface area contributed by atoms with Gasteiger partial charge in [0.2, 0.25) is 0 Å². The average molecular weight is 300 g/mol. The highest BCUT2D eigenvalue weighted by atomic mass is 35.5. The van der Waals surface area contributed by atoms with Crippen LogP contribution in [0.3, 0.4) is 0 Å². The van der Waals surface area contributed by atoms with Crippen molar-refractivity contribution in [3.8, 4) is 0 Å². The Morgan fingerprint density at radius 3 is 2.39 bits per heavy atom. The van der Waals surface area contributed by atoms with Gasteiger partial charge in [0, 0.05) is 15.9 Å². The Labute approximate surface area is 122 Å². The molecule has 0 spiro atoms. The summed E-state index contributed by atoms with van der Waals surface area (Å²) in [6.45, 7) is 2.04. The largest absolute Gasteiger partial charge is 0.312 e. The summed E-state index contributed by atoms with van der Waals surface area (Å²) in [5, 5.41) is 4.11. The van der Waals surface area contributed by atoms with Gasteiger partial charge in [-0.2, -0.15) is 0 Å². The molecule has 2 aromatic rings. The zero-order valence-corrected chi connectivity index (χ0v) is 12.7. The van der Waals surface area contributed by atoms with Gasteiger partial charge in [-0.25, -0.2) is 0 Å². The van der Waals surface area contributed by atoms with Crippen molar-refractivity contribution in [3.05, 3.63) is 55.7 Å². The van der Waals surface area contributed by atoms with Crippen molar-refractivity contribution in [1.29, 1.82) is 0 Å². The van der Waals surface area contributed by atoms with Gasteiger partial charge in [-0.05, 0) is 49.7 Å². The minimum absolute atomic E-state index is 0.294. The first kappa shape index (κ1) is 13.9. The van der Waals surface area contributed by atoms with E-state index < -0.39 is 0 Å². The molecule has 96 valence electrons. The molecule has 0 aliphatic rings. The fourth-order valence-corrected chi connectivity index (χ4v) is 3.31. The van der Waals surface area contributed by atoms with Crippen LogP contribution in [0.15, 0.2) is 30.3 Å². The predicted molar refractivity (Wildman–Crippen MR) is 81.0 cm³/mol. The molecule has 1 atom stereocenters. The molecule has 4 heteroatoms. The molecule has 1 aromatic heterocycles. The van der Waals surface area contributed by atoms with Crippen molar-refractivity contribution in [3.63, 3.8) is 0 Å². The first-order chi connectivity index (χ1) is 8.60. The van der Waals surface area contributed by atoms with Gasteiger partial charge in [0.15, 0.2) is 0 Å². The van der Waals surface area contributed by atoms with E-state index >= 15 is 0 Å². The summed E-state index contributed by atoms with van der Waals surface area (Å²) in [4.78, 5) is 1.27. The summed E-state index contributed by atoms with van der Waals surface area (Å²) in [7, 11) is 1.98. The van der Waals surface area contributed by atoms with Crippen molar-refractivity contribution in [2.45, 2.75) is 19.4 Å². The second kappa shape index (κ2) is 6.07. The fraction of sp³-hybridized carbons (Fsp3) is 0.286. The van der Waals surface area contributed by atoms with Crippen molar-refractivity contribution in [1.82, 2.24) is 5.32 Å². The topological polar surface area (TPSA) is 12.0 Å². The third kappa shape index (κ3) is 3.27. The first-order valence-corrected chi connectivity index (χ1v) is 7.35. The number of hydrogen-bond donors (Lipinski definition) is 1. The van der Waals surface area contributed by atoms with E-state index in [0.29, 0.717) is 6.04 Å². The van der Waals surface area contributed by atoms with E-state index in [-0.39, 0.29) is 0 Å². The van der Waals surface area contributed by atoms with Crippen LogP contribution < -0.4 is 5.32 Å². The Bertz CT molecular complexity index is 500. The van der Waals surface area contributed by atoms with Crippen LogP contribution in [0.5, 0.6) is 0 Å². The molecular formula is C14H15Cl2NS. The van der Waals surface area contributed by atoms with E-state index in [4.69, 9.17) is 23.2 Å². The lowest BCUT2D eigenvalue weighted by Crippen LogP contribution is -2.17. The maximum absolute atomic E-state index is 6.13. The summed E-state index contributed by atoms with van der Waals surface area (Å²) in [5.41, 5.74) is 2.41. The molecular weight excluding hydrogens is 285 g/mol. The van der Waals surface area contributed by atoms with Crippen LogP contribution in [0.2, 0.25) is 9.36 Å². The van der Waals surface area contributed by atoms with Crippen molar-refractivity contribution in [2.24, 2.45) is 0 Å². The summed E-state index contributed by atoms with van der Waals surface area (Å²) in [6, 6.07) is 10.4. The standard InChI is InChI=1S/C14H15Cl2NS/c1-9-7-13(18-14(9)16)12(17-2)8-10-3-5-11(15)6-4-10/h3-7,12,17H,8H2,1-2H3. The van der Waals surface area contributed by atoms with Crippen LogP contribution in [0.25, 0.3) is 0 Å². The SMILES string of the molecule is CNC(Cc1ccc(Cl)cc1)c1cc(C)c(Cl)s1. The smallest absolute Gasteiger partial charge is 0.0960 e. The van der Waals surface area contributed by atoms with Crippen LogP contribution in [0.1, 0.15) is 22.0 Å². The van der Waals surface area contributed by atoms with Gasteiger partial charge >= 0.3 is 0 Å². The molecule has 0 aliphatic heterocycles. The van der Waals surface area contributed by atoms with Crippen molar-refractivity contribution in [2.75, 3.05) is 7.05 Å². The highest BCUT2D eigenvalue weighted by Crippen LogP contribution is 2.32. The molecule has 0 amide bonds. The molecule has 0 bridgehead atoms. The van der Waals surface area contributed by atoms with Gasteiger partial charge in [-0.1, -0.05) is 35.3 Å². The molecule has 0 radical (unpaired) electrons. The zero-order valence-electron chi connectivity index (χ0n) is 10.3. The zero-order chi connectivity index (χ0) is 13.1. The summed E-state index contributed by atoms with van der Waals surface area (Å²) < 4.78 is 0.876. The molecule has 0 fully saturated rings. The third-order valence-corrected chi connectivity index (χ3v) is 4.84. The van der Waals surface area contributed by atoms with Gasteiger partial charge in [0.1, 0.15) is 0 Å². The second-order valence-corrected chi connectivity index (χ2v) is 6.40. The van der Waals surface area contributed by atoms with E-state index in [0.717, 1.165) is 21.3 Å². The van der Waals surface area contributed by atoms with Gasteiger partial charge in [-0.15, -0.1) is 11.3 Å². The van der Waals surface area contributed by atoms with Crippen LogP contribution in [-0.4, -0.2) is 7.05 Å². The number of aryl methyl sites for hydroxylation is 1. The number of nitrogens with one attached hydrogen (secondary N) is 1. The normalized spacial score (nSPS) is 12.7. The maximum Gasteiger partial charge on any atom is 0.0960 e. The Kier molecular flexibility index (Phi) is 4.68. The number of benzene rings is 1. The molecule has 0 aliphatic carbocycles. The average Bonchev–Trinajstić information content (AvgIpc) is 2.69. The van der Waals surface area contributed by atoms with Crippen molar-refractivity contribution >= 4 is 34.5 Å². The molecule has 1 unspecified atom stereocenters. The highest BCUT2D eigenvalue weighted by molar-refractivity contribution is 7.16. The van der Waals surface area contributed by atoms with Gasteiger partial charge in [0.25, 0.3) is 0 Å². The van der Waals surface area contributed by atoms with E-state index in [1.807, 2.05) is 26.1 Å².